The Morgan fingerprint density at radius 3 is 2.87 bits per heavy atom. The summed E-state index contributed by atoms with van der Waals surface area (Å²) in [6.07, 6.45) is 2.02. The van der Waals surface area contributed by atoms with Crippen molar-refractivity contribution in [3.05, 3.63) is 53.4 Å². The number of guanidine groups is 1. The summed E-state index contributed by atoms with van der Waals surface area (Å²) < 4.78 is 12.1. The van der Waals surface area contributed by atoms with Crippen molar-refractivity contribution in [2.75, 3.05) is 20.3 Å². The average molecular weight is 403 g/mol. The Kier molecular flexibility index (Phi) is 4.05. The number of hydrogen-bond acceptors (Lipinski definition) is 6. The predicted octanol–water partition coefficient (Wildman–Crippen LogP) is 2.61. The standard InChI is InChI=1S/C22H21N5O3/c1-24-18-6-3-5-16(25-18)14-7-8-17-15(11-14)22(19(28)27(2)20(23)26-22)12-21(30-17)9-4-10-29-13-21/h3,5-8,11H,4,9-10,12-13H2,2H3,(H2,23,26). The van der Waals surface area contributed by atoms with Crippen molar-refractivity contribution in [2.45, 2.75) is 30.4 Å². The normalized spacial score (nSPS) is 27.5. The molecule has 0 aliphatic carbocycles. The number of likely N-dealkylation sites (N-methyl/N-ethyl adjacent to an activating group) is 1. The fraction of sp³-hybridized carbons (Fsp3) is 0.364. The summed E-state index contributed by atoms with van der Waals surface area (Å²) in [5, 5.41) is 0. The van der Waals surface area contributed by atoms with Crippen molar-refractivity contribution in [1.29, 1.82) is 0 Å². The second-order valence-corrected chi connectivity index (χ2v) is 8.02. The van der Waals surface area contributed by atoms with Gasteiger partial charge in [-0.2, -0.15) is 0 Å². The maximum absolute atomic E-state index is 13.4. The van der Waals surface area contributed by atoms with Crippen LogP contribution in [0, 0.1) is 6.57 Å². The van der Waals surface area contributed by atoms with Crippen molar-refractivity contribution in [3.8, 4) is 17.0 Å². The minimum atomic E-state index is -1.15. The molecule has 2 N–H and O–H groups in total. The number of ether oxygens (including phenoxy) is 2. The Balaban J connectivity index is 1.68. The molecular weight excluding hydrogens is 382 g/mol. The maximum atomic E-state index is 13.4. The van der Waals surface area contributed by atoms with Gasteiger partial charge in [-0.3, -0.25) is 9.69 Å². The Labute approximate surface area is 174 Å². The number of fused-ring (bicyclic) bond motifs is 2. The highest BCUT2D eigenvalue weighted by molar-refractivity contribution is 6.07. The molecule has 3 aliphatic rings. The SMILES string of the molecule is [C-]#[N+]c1cccc(-c2ccc3c(c2)C2(CC4(CCCOC4)O3)N=C(N)N(C)C2=O)n1. The number of aromatic nitrogens is 1. The van der Waals surface area contributed by atoms with Gasteiger partial charge in [0.05, 0.1) is 6.61 Å². The molecule has 0 saturated carbocycles. The number of pyridine rings is 1. The van der Waals surface area contributed by atoms with Gasteiger partial charge in [-0.25, -0.2) is 4.99 Å². The Morgan fingerprint density at radius 1 is 1.30 bits per heavy atom. The lowest BCUT2D eigenvalue weighted by molar-refractivity contribution is -0.139. The van der Waals surface area contributed by atoms with E-state index in [0.29, 0.717) is 42.5 Å². The van der Waals surface area contributed by atoms with Crippen LogP contribution in [0.5, 0.6) is 5.75 Å². The van der Waals surface area contributed by atoms with Gasteiger partial charge < -0.3 is 20.1 Å². The lowest BCUT2D eigenvalue weighted by Gasteiger charge is -2.46. The number of amides is 1. The highest BCUT2D eigenvalue weighted by atomic mass is 16.5. The van der Waals surface area contributed by atoms with Crippen molar-refractivity contribution in [2.24, 2.45) is 10.7 Å². The van der Waals surface area contributed by atoms with Gasteiger partial charge in [-0.15, -0.1) is 4.98 Å². The van der Waals surface area contributed by atoms with Crippen LogP contribution in [0.25, 0.3) is 16.1 Å². The summed E-state index contributed by atoms with van der Waals surface area (Å²) in [6.45, 7) is 8.32. The fourth-order valence-electron chi connectivity index (χ4n) is 4.62. The van der Waals surface area contributed by atoms with Crippen molar-refractivity contribution < 1.29 is 14.3 Å². The Bertz CT molecular complexity index is 1120. The van der Waals surface area contributed by atoms with Crippen LogP contribution in [-0.2, 0) is 15.1 Å². The van der Waals surface area contributed by atoms with Gasteiger partial charge in [0, 0.05) is 31.2 Å². The first-order chi connectivity index (χ1) is 14.5. The quantitative estimate of drug-likeness (QED) is 0.739. The molecule has 2 spiro atoms. The molecule has 2 atom stereocenters. The van der Waals surface area contributed by atoms with Gasteiger partial charge >= 0.3 is 0 Å². The molecule has 1 saturated heterocycles. The molecule has 0 bridgehead atoms. The fourth-order valence-corrected chi connectivity index (χ4v) is 4.62. The number of nitrogens with zero attached hydrogens (tertiary/aromatic N) is 4. The number of carbonyl (C=O) groups is 1. The molecule has 1 aromatic heterocycles. The van der Waals surface area contributed by atoms with Crippen LogP contribution in [0.3, 0.4) is 0 Å². The molecular formula is C22H21N5O3. The molecule has 3 aliphatic heterocycles. The first kappa shape index (κ1) is 18.6. The third-order valence-electron chi connectivity index (χ3n) is 6.07. The number of hydrogen-bond donors (Lipinski definition) is 1. The highest BCUT2D eigenvalue weighted by Crippen LogP contribution is 2.51. The number of nitrogens with two attached hydrogens (primary N) is 1. The molecule has 152 valence electrons. The smallest absolute Gasteiger partial charge is 0.270 e. The molecule has 4 heterocycles. The van der Waals surface area contributed by atoms with E-state index in [-0.39, 0.29) is 11.9 Å². The van der Waals surface area contributed by atoms with Crippen LogP contribution >= 0.6 is 0 Å². The third-order valence-corrected chi connectivity index (χ3v) is 6.07. The van der Waals surface area contributed by atoms with Gasteiger partial charge in [0.15, 0.2) is 17.2 Å². The van der Waals surface area contributed by atoms with E-state index < -0.39 is 11.1 Å². The van der Waals surface area contributed by atoms with Crippen LogP contribution in [0.15, 0.2) is 41.4 Å². The van der Waals surface area contributed by atoms with E-state index in [0.717, 1.165) is 18.4 Å². The molecule has 2 aromatic rings. The summed E-state index contributed by atoms with van der Waals surface area (Å²) in [7, 11) is 1.64. The van der Waals surface area contributed by atoms with E-state index in [2.05, 4.69) is 14.8 Å². The minimum absolute atomic E-state index is 0.172. The summed E-state index contributed by atoms with van der Waals surface area (Å²) in [4.78, 5) is 27.3. The zero-order valence-corrected chi connectivity index (χ0v) is 16.6. The zero-order valence-electron chi connectivity index (χ0n) is 16.6. The molecule has 30 heavy (non-hydrogen) atoms. The first-order valence-electron chi connectivity index (χ1n) is 9.86. The van der Waals surface area contributed by atoms with Crippen molar-refractivity contribution >= 4 is 17.7 Å². The van der Waals surface area contributed by atoms with Crippen LogP contribution < -0.4 is 10.5 Å². The third kappa shape index (κ3) is 2.66. The van der Waals surface area contributed by atoms with Gasteiger partial charge in [0.2, 0.25) is 0 Å². The van der Waals surface area contributed by atoms with Gasteiger partial charge in [0.1, 0.15) is 11.4 Å². The summed E-state index contributed by atoms with van der Waals surface area (Å²) >= 11 is 0. The van der Waals surface area contributed by atoms with Crippen LogP contribution in [0.1, 0.15) is 24.8 Å². The van der Waals surface area contributed by atoms with E-state index in [9.17, 15) is 4.79 Å². The van der Waals surface area contributed by atoms with Crippen molar-refractivity contribution in [1.82, 2.24) is 9.88 Å². The van der Waals surface area contributed by atoms with E-state index in [1.54, 1.807) is 19.2 Å². The maximum Gasteiger partial charge on any atom is 0.270 e. The average Bonchev–Trinajstić information content (AvgIpc) is 2.98. The van der Waals surface area contributed by atoms with E-state index in [1.807, 2.05) is 24.3 Å². The molecule has 8 heteroatoms. The number of aliphatic imine (C=N–C) groups is 1. The van der Waals surface area contributed by atoms with Crippen LogP contribution in [-0.4, -0.2) is 47.6 Å². The second-order valence-electron chi connectivity index (χ2n) is 8.02. The number of rotatable bonds is 1. The van der Waals surface area contributed by atoms with Gasteiger partial charge in [-0.1, -0.05) is 12.6 Å². The number of benzene rings is 1. The summed E-state index contributed by atoms with van der Waals surface area (Å²) in [6, 6.07) is 10.9. The molecule has 8 nitrogen and oxygen atoms in total. The van der Waals surface area contributed by atoms with Crippen molar-refractivity contribution in [3.63, 3.8) is 0 Å². The van der Waals surface area contributed by atoms with Crippen LogP contribution in [0.4, 0.5) is 5.82 Å². The largest absolute Gasteiger partial charge is 0.484 e. The first-order valence-corrected chi connectivity index (χ1v) is 9.86. The van der Waals surface area contributed by atoms with Gasteiger partial charge in [-0.05, 0) is 43.2 Å². The molecule has 1 aromatic carbocycles. The predicted molar refractivity (Wildman–Crippen MR) is 110 cm³/mol. The van der Waals surface area contributed by atoms with E-state index in [1.165, 1.54) is 4.90 Å². The van der Waals surface area contributed by atoms with Gasteiger partial charge in [0.25, 0.3) is 11.7 Å². The molecule has 1 fully saturated rings. The molecule has 5 rings (SSSR count). The topological polar surface area (TPSA) is 94.4 Å². The Morgan fingerprint density at radius 2 is 2.17 bits per heavy atom. The summed E-state index contributed by atoms with van der Waals surface area (Å²) in [5.41, 5.74) is 6.42. The monoisotopic (exact) mass is 403 g/mol. The second kappa shape index (κ2) is 6.54. The zero-order chi connectivity index (χ0) is 20.9. The minimum Gasteiger partial charge on any atom is -0.484 e. The molecule has 1 amide bonds. The molecule has 2 unspecified atom stereocenters. The lowest BCUT2D eigenvalue weighted by atomic mass is 9.74. The Hall–Kier alpha value is -3.44. The van der Waals surface area contributed by atoms with E-state index in [4.69, 9.17) is 21.8 Å². The molecule has 0 radical (unpaired) electrons. The van der Waals surface area contributed by atoms with Crippen LogP contribution in [0.2, 0.25) is 0 Å². The number of carbonyl (C=O) groups excluding carboxylic acids is 1. The highest BCUT2D eigenvalue weighted by Gasteiger charge is 2.58. The summed E-state index contributed by atoms with van der Waals surface area (Å²) in [5.74, 6) is 0.943. The lowest BCUT2D eigenvalue weighted by Crippen LogP contribution is -2.55. The van der Waals surface area contributed by atoms with E-state index >= 15 is 0 Å².